The van der Waals surface area contributed by atoms with Gasteiger partial charge in [-0.25, -0.2) is 4.68 Å². The highest BCUT2D eigenvalue weighted by molar-refractivity contribution is 5.80. The summed E-state index contributed by atoms with van der Waals surface area (Å²) in [6, 6.07) is 23.4. The van der Waals surface area contributed by atoms with E-state index < -0.39 is 6.04 Å². The van der Waals surface area contributed by atoms with E-state index in [0.717, 1.165) is 66.4 Å². The van der Waals surface area contributed by atoms with E-state index in [1.807, 2.05) is 67.6 Å². The molecule has 11 nitrogen and oxygen atoms in total. The lowest BCUT2D eigenvalue weighted by Crippen LogP contribution is -2.48. The molecule has 0 unspecified atom stereocenters. The number of pyridine rings is 1. The molecule has 2 aromatic heterocycles. The van der Waals surface area contributed by atoms with Gasteiger partial charge in [0.05, 0.1) is 13.2 Å². The van der Waals surface area contributed by atoms with Crippen LogP contribution in [0.4, 0.5) is 0 Å². The van der Waals surface area contributed by atoms with Crippen LogP contribution >= 0.6 is 0 Å². The van der Waals surface area contributed by atoms with Crippen molar-refractivity contribution in [2.24, 2.45) is 0 Å². The molecule has 0 spiro atoms. The van der Waals surface area contributed by atoms with E-state index in [9.17, 15) is 4.79 Å². The van der Waals surface area contributed by atoms with Crippen LogP contribution in [-0.4, -0.2) is 74.6 Å². The van der Waals surface area contributed by atoms with Crippen LogP contribution in [0.2, 0.25) is 0 Å². The maximum Gasteiger partial charge on any atom is 0.253 e. The molecule has 2 aliphatic heterocycles. The van der Waals surface area contributed by atoms with Crippen molar-refractivity contribution in [2.75, 3.05) is 39.6 Å². The molecule has 0 radical (unpaired) electrons. The number of H-pyrrole nitrogens is 1. The van der Waals surface area contributed by atoms with Crippen LogP contribution < -0.4 is 19.8 Å². The molecule has 1 fully saturated rings. The van der Waals surface area contributed by atoms with Crippen LogP contribution in [0.5, 0.6) is 17.2 Å². The first kappa shape index (κ1) is 27.1. The molecule has 0 saturated carbocycles. The summed E-state index contributed by atoms with van der Waals surface area (Å²) in [6.45, 7) is 7.22. The first-order valence-electron chi connectivity index (χ1n) is 14.6. The summed E-state index contributed by atoms with van der Waals surface area (Å²) >= 11 is 0. The third-order valence-electron chi connectivity index (χ3n) is 8.04. The van der Waals surface area contributed by atoms with Gasteiger partial charge in [-0.05, 0) is 64.9 Å². The van der Waals surface area contributed by atoms with Gasteiger partial charge in [-0.1, -0.05) is 36.4 Å². The molecular weight excluding hydrogens is 546 g/mol. The smallest absolute Gasteiger partial charge is 0.253 e. The normalized spacial score (nSPS) is 16.0. The molecule has 5 aromatic rings. The predicted molar refractivity (Wildman–Crippen MR) is 160 cm³/mol. The van der Waals surface area contributed by atoms with Gasteiger partial charge in [0.15, 0.2) is 17.3 Å². The number of nitrogens with one attached hydrogen (secondary N) is 1. The van der Waals surface area contributed by atoms with Gasteiger partial charge in [-0.2, -0.15) is 0 Å². The van der Waals surface area contributed by atoms with Crippen molar-refractivity contribution in [3.63, 3.8) is 0 Å². The molecule has 4 heterocycles. The van der Waals surface area contributed by atoms with Gasteiger partial charge >= 0.3 is 0 Å². The van der Waals surface area contributed by atoms with Crippen LogP contribution in [-0.2, 0) is 13.1 Å². The van der Waals surface area contributed by atoms with E-state index in [0.29, 0.717) is 24.5 Å². The van der Waals surface area contributed by atoms with Crippen molar-refractivity contribution in [1.82, 2.24) is 35.0 Å². The van der Waals surface area contributed by atoms with Crippen molar-refractivity contribution in [3.05, 3.63) is 106 Å². The van der Waals surface area contributed by atoms with E-state index in [1.54, 1.807) is 4.68 Å². The van der Waals surface area contributed by atoms with Gasteiger partial charge in [0, 0.05) is 49.2 Å². The van der Waals surface area contributed by atoms with Crippen molar-refractivity contribution < 1.29 is 14.2 Å². The lowest BCUT2D eigenvalue weighted by Gasteiger charge is -2.38. The number of hydrogen-bond acceptors (Lipinski definition) is 9. The zero-order chi connectivity index (χ0) is 29.2. The molecule has 7 rings (SSSR count). The minimum absolute atomic E-state index is 0.154. The second-order valence-corrected chi connectivity index (χ2v) is 10.8. The van der Waals surface area contributed by atoms with Gasteiger partial charge in [-0.3, -0.25) is 14.6 Å². The number of benzene rings is 3. The molecule has 1 N–H and O–H groups in total. The van der Waals surface area contributed by atoms with Crippen LogP contribution in [0.25, 0.3) is 10.9 Å². The summed E-state index contributed by atoms with van der Waals surface area (Å²) in [6.07, 6.45) is 0. The number of piperazine rings is 1. The summed E-state index contributed by atoms with van der Waals surface area (Å²) in [7, 11) is 0. The van der Waals surface area contributed by atoms with Crippen molar-refractivity contribution in [1.29, 1.82) is 0 Å². The summed E-state index contributed by atoms with van der Waals surface area (Å²) < 4.78 is 18.6. The average Bonchev–Trinajstić information content (AvgIpc) is 3.69. The van der Waals surface area contributed by atoms with E-state index in [2.05, 4.69) is 42.4 Å². The largest absolute Gasteiger partial charge is 0.494 e. The molecule has 3 aromatic carbocycles. The first-order valence-corrected chi connectivity index (χ1v) is 14.6. The zero-order valence-electron chi connectivity index (χ0n) is 24.0. The van der Waals surface area contributed by atoms with Crippen LogP contribution in [0.15, 0.2) is 77.6 Å². The molecule has 1 saturated heterocycles. The van der Waals surface area contributed by atoms with Gasteiger partial charge in [0.1, 0.15) is 11.8 Å². The summed E-state index contributed by atoms with van der Waals surface area (Å²) in [4.78, 5) is 21.5. The van der Waals surface area contributed by atoms with Crippen molar-refractivity contribution in [3.8, 4) is 17.2 Å². The number of hydrogen-bond donors (Lipinski definition) is 1. The minimum Gasteiger partial charge on any atom is -0.494 e. The lowest BCUT2D eigenvalue weighted by molar-refractivity contribution is 0.0998. The summed E-state index contributed by atoms with van der Waals surface area (Å²) in [5.41, 5.74) is 3.47. The zero-order valence-corrected chi connectivity index (χ0v) is 24.0. The number of ether oxygens (including phenoxy) is 3. The summed E-state index contributed by atoms with van der Waals surface area (Å²) in [5, 5.41) is 13.8. The number of aromatic nitrogens is 5. The SMILES string of the molecule is CCOc1ccc2[nH]c(=O)c([C@H](c3nnnn3Cc3ccccc3)N3CCN(Cc4ccc5c(c4)OCO5)CC3)cc2c1. The van der Waals surface area contributed by atoms with E-state index >= 15 is 0 Å². The monoisotopic (exact) mass is 579 g/mol. The highest BCUT2D eigenvalue weighted by Gasteiger charge is 2.33. The third kappa shape index (κ3) is 5.69. The second-order valence-electron chi connectivity index (χ2n) is 10.8. The number of rotatable bonds is 9. The average molecular weight is 580 g/mol. The Hall–Kier alpha value is -4.74. The molecule has 1 atom stereocenters. The van der Waals surface area contributed by atoms with Gasteiger partial charge in [-0.15, -0.1) is 5.10 Å². The number of fused-ring (bicyclic) bond motifs is 2. The van der Waals surface area contributed by atoms with E-state index in [4.69, 9.17) is 14.2 Å². The fourth-order valence-corrected chi connectivity index (χ4v) is 5.91. The minimum atomic E-state index is -0.435. The van der Waals surface area contributed by atoms with Crippen LogP contribution in [0.3, 0.4) is 0 Å². The molecule has 2 aliphatic rings. The summed E-state index contributed by atoms with van der Waals surface area (Å²) in [5.74, 6) is 2.98. The Morgan fingerprint density at radius 3 is 2.58 bits per heavy atom. The Balaban J connectivity index is 1.20. The molecule has 43 heavy (non-hydrogen) atoms. The first-order chi connectivity index (χ1) is 21.1. The van der Waals surface area contributed by atoms with Gasteiger partial charge in [0.25, 0.3) is 5.56 Å². The van der Waals surface area contributed by atoms with Crippen LogP contribution in [0, 0.1) is 0 Å². The fraction of sp³-hybridized carbons (Fsp3) is 0.312. The lowest BCUT2D eigenvalue weighted by atomic mass is 10.0. The molecule has 220 valence electrons. The molecule has 0 bridgehead atoms. The Kier molecular flexibility index (Phi) is 7.48. The van der Waals surface area contributed by atoms with E-state index in [-0.39, 0.29) is 12.4 Å². The van der Waals surface area contributed by atoms with Crippen LogP contribution in [0.1, 0.15) is 35.5 Å². The third-order valence-corrected chi connectivity index (χ3v) is 8.04. The number of nitrogens with zero attached hydrogens (tertiary/aromatic N) is 6. The number of aromatic amines is 1. The molecule has 0 amide bonds. The van der Waals surface area contributed by atoms with Crippen molar-refractivity contribution >= 4 is 10.9 Å². The highest BCUT2D eigenvalue weighted by Crippen LogP contribution is 2.33. The topological polar surface area (TPSA) is 111 Å². The highest BCUT2D eigenvalue weighted by atomic mass is 16.7. The number of tetrazole rings is 1. The predicted octanol–water partition coefficient (Wildman–Crippen LogP) is 3.60. The second kappa shape index (κ2) is 11.9. The Morgan fingerprint density at radius 1 is 0.907 bits per heavy atom. The van der Waals surface area contributed by atoms with Gasteiger partial charge in [0.2, 0.25) is 6.79 Å². The molecule has 0 aliphatic carbocycles. The molecule has 11 heteroatoms. The maximum atomic E-state index is 13.7. The Morgan fingerprint density at radius 2 is 1.74 bits per heavy atom. The van der Waals surface area contributed by atoms with Gasteiger partial charge < -0.3 is 19.2 Å². The Bertz CT molecular complexity index is 1780. The quantitative estimate of drug-likeness (QED) is 0.280. The standard InChI is InChI=1S/C32H33N7O4/c1-2-41-25-9-10-27-24(17-25)18-26(32(40)33-27)30(31-34-35-36-39(31)20-22-6-4-3-5-7-22)38-14-12-37(13-15-38)19-23-8-11-28-29(16-23)43-21-42-28/h3-11,16-18,30H,2,12-15,19-21H2,1H3,(H,33,40)/t30-/m1/s1. The van der Waals surface area contributed by atoms with E-state index in [1.165, 1.54) is 5.56 Å². The Labute approximate surface area is 248 Å². The van der Waals surface area contributed by atoms with Crippen molar-refractivity contribution in [2.45, 2.75) is 26.1 Å². The fourth-order valence-electron chi connectivity index (χ4n) is 5.91. The maximum absolute atomic E-state index is 13.7. The molecular formula is C32H33N7O4.